The van der Waals surface area contributed by atoms with Crippen LogP contribution < -0.4 is 9.47 Å². The molecular formula is C20H23BrN2O5S. The van der Waals surface area contributed by atoms with E-state index in [1.807, 2.05) is 6.92 Å². The lowest BCUT2D eigenvalue weighted by Crippen LogP contribution is -2.50. The second-order valence-corrected chi connectivity index (χ2v) is 9.22. The number of hydrogen-bond acceptors (Lipinski definition) is 5. The molecule has 1 saturated heterocycles. The van der Waals surface area contributed by atoms with E-state index in [4.69, 9.17) is 9.47 Å². The number of methoxy groups -OCH3 is 1. The van der Waals surface area contributed by atoms with Crippen molar-refractivity contribution in [1.82, 2.24) is 9.21 Å². The van der Waals surface area contributed by atoms with E-state index in [2.05, 4.69) is 15.9 Å². The van der Waals surface area contributed by atoms with Crippen LogP contribution in [0, 0.1) is 0 Å². The molecule has 7 nitrogen and oxygen atoms in total. The van der Waals surface area contributed by atoms with Gasteiger partial charge in [0, 0.05) is 31.7 Å². The van der Waals surface area contributed by atoms with E-state index in [0.29, 0.717) is 41.2 Å². The van der Waals surface area contributed by atoms with Gasteiger partial charge in [-0.25, -0.2) is 8.42 Å². The topological polar surface area (TPSA) is 76.2 Å². The van der Waals surface area contributed by atoms with E-state index in [0.717, 1.165) is 0 Å². The number of sulfonamides is 1. The van der Waals surface area contributed by atoms with Gasteiger partial charge < -0.3 is 14.4 Å². The zero-order chi connectivity index (χ0) is 21.0. The first-order chi connectivity index (χ1) is 13.9. The van der Waals surface area contributed by atoms with Crippen LogP contribution in [-0.4, -0.2) is 63.4 Å². The predicted octanol–water partition coefficient (Wildman–Crippen LogP) is 3.00. The number of amides is 1. The Kier molecular flexibility index (Phi) is 6.81. The second kappa shape index (κ2) is 9.15. The van der Waals surface area contributed by atoms with Gasteiger partial charge in [0.2, 0.25) is 10.0 Å². The van der Waals surface area contributed by atoms with Crippen molar-refractivity contribution in [3.8, 4) is 11.5 Å². The summed E-state index contributed by atoms with van der Waals surface area (Å²) in [6.07, 6.45) is 0. The molecule has 3 rings (SSSR count). The molecule has 0 unspecified atom stereocenters. The molecule has 29 heavy (non-hydrogen) atoms. The minimum atomic E-state index is -3.55. The van der Waals surface area contributed by atoms with Crippen LogP contribution in [-0.2, 0) is 10.0 Å². The predicted molar refractivity (Wildman–Crippen MR) is 113 cm³/mol. The maximum Gasteiger partial charge on any atom is 0.254 e. The molecule has 0 bridgehead atoms. The number of ether oxygens (including phenoxy) is 2. The first kappa shape index (κ1) is 21.6. The van der Waals surface area contributed by atoms with Gasteiger partial charge in [-0.3, -0.25) is 4.79 Å². The van der Waals surface area contributed by atoms with Crippen LogP contribution in [0.2, 0.25) is 0 Å². The molecule has 0 aromatic heterocycles. The van der Waals surface area contributed by atoms with E-state index >= 15 is 0 Å². The van der Waals surface area contributed by atoms with Gasteiger partial charge in [0.1, 0.15) is 0 Å². The largest absolute Gasteiger partial charge is 0.493 e. The maximum atomic E-state index is 13.0. The molecule has 156 valence electrons. The van der Waals surface area contributed by atoms with Crippen molar-refractivity contribution in [2.75, 3.05) is 39.9 Å². The third-order valence-electron chi connectivity index (χ3n) is 4.67. The highest BCUT2D eigenvalue weighted by atomic mass is 79.9. The number of carbonyl (C=O) groups is 1. The van der Waals surface area contributed by atoms with Gasteiger partial charge in [-0.05, 0) is 47.1 Å². The summed E-state index contributed by atoms with van der Waals surface area (Å²) in [6, 6.07) is 11.7. The SMILES string of the molecule is CCOc1c(Br)cc(C(=O)N2CCN(S(=O)(=O)c3ccccc3)CC2)cc1OC. The van der Waals surface area contributed by atoms with E-state index in [9.17, 15) is 13.2 Å². The Morgan fingerprint density at radius 1 is 1.10 bits per heavy atom. The van der Waals surface area contributed by atoms with Gasteiger partial charge in [-0.15, -0.1) is 0 Å². The summed E-state index contributed by atoms with van der Waals surface area (Å²) >= 11 is 3.43. The van der Waals surface area contributed by atoms with Crippen molar-refractivity contribution >= 4 is 31.9 Å². The second-order valence-electron chi connectivity index (χ2n) is 6.43. The van der Waals surface area contributed by atoms with E-state index in [1.165, 1.54) is 11.4 Å². The molecule has 1 heterocycles. The van der Waals surface area contributed by atoms with E-state index in [1.54, 1.807) is 47.4 Å². The highest BCUT2D eigenvalue weighted by Crippen LogP contribution is 2.37. The maximum absolute atomic E-state index is 13.0. The lowest BCUT2D eigenvalue weighted by Gasteiger charge is -2.34. The van der Waals surface area contributed by atoms with Gasteiger partial charge in [0.05, 0.1) is 23.1 Å². The third-order valence-corrected chi connectivity index (χ3v) is 7.17. The lowest BCUT2D eigenvalue weighted by molar-refractivity contribution is 0.0697. The number of hydrogen-bond donors (Lipinski definition) is 0. The van der Waals surface area contributed by atoms with Crippen molar-refractivity contribution in [3.05, 3.63) is 52.5 Å². The first-order valence-corrected chi connectivity index (χ1v) is 11.5. The van der Waals surface area contributed by atoms with Gasteiger partial charge in [-0.2, -0.15) is 4.31 Å². The Labute approximate surface area is 179 Å². The molecule has 1 aliphatic heterocycles. The van der Waals surface area contributed by atoms with Gasteiger partial charge >= 0.3 is 0 Å². The molecule has 2 aromatic rings. The molecule has 0 saturated carbocycles. The van der Waals surface area contributed by atoms with Gasteiger partial charge in [0.15, 0.2) is 11.5 Å². The highest BCUT2D eigenvalue weighted by Gasteiger charge is 2.30. The summed E-state index contributed by atoms with van der Waals surface area (Å²) in [5.41, 5.74) is 0.455. The number of halogens is 1. The summed E-state index contributed by atoms with van der Waals surface area (Å²) in [4.78, 5) is 14.9. The minimum absolute atomic E-state index is 0.177. The van der Waals surface area contributed by atoms with Gasteiger partial charge in [-0.1, -0.05) is 18.2 Å². The van der Waals surface area contributed by atoms with Crippen molar-refractivity contribution in [2.24, 2.45) is 0 Å². The van der Waals surface area contributed by atoms with Crippen molar-refractivity contribution in [1.29, 1.82) is 0 Å². The van der Waals surface area contributed by atoms with Crippen molar-refractivity contribution < 1.29 is 22.7 Å². The fraction of sp³-hybridized carbons (Fsp3) is 0.350. The smallest absolute Gasteiger partial charge is 0.254 e. The Morgan fingerprint density at radius 3 is 2.34 bits per heavy atom. The molecule has 2 aromatic carbocycles. The fourth-order valence-electron chi connectivity index (χ4n) is 3.18. The minimum Gasteiger partial charge on any atom is -0.493 e. The van der Waals surface area contributed by atoms with Crippen molar-refractivity contribution in [3.63, 3.8) is 0 Å². The molecule has 0 N–H and O–H groups in total. The first-order valence-electron chi connectivity index (χ1n) is 9.23. The number of nitrogens with zero attached hydrogens (tertiary/aromatic N) is 2. The number of benzene rings is 2. The molecular weight excluding hydrogens is 460 g/mol. The Morgan fingerprint density at radius 2 is 1.76 bits per heavy atom. The average Bonchev–Trinajstić information content (AvgIpc) is 2.75. The molecule has 0 spiro atoms. The zero-order valence-corrected chi connectivity index (χ0v) is 18.7. The van der Waals surface area contributed by atoms with Gasteiger partial charge in [0.25, 0.3) is 5.91 Å². The number of piperazine rings is 1. The molecule has 9 heteroatoms. The summed E-state index contributed by atoms with van der Waals surface area (Å²) in [7, 11) is -2.03. The quantitative estimate of drug-likeness (QED) is 0.632. The number of carbonyl (C=O) groups excluding carboxylic acids is 1. The number of rotatable bonds is 6. The van der Waals surface area contributed by atoms with Crippen molar-refractivity contribution in [2.45, 2.75) is 11.8 Å². The lowest BCUT2D eigenvalue weighted by atomic mass is 10.1. The fourth-order valence-corrected chi connectivity index (χ4v) is 5.18. The monoisotopic (exact) mass is 482 g/mol. The third kappa shape index (κ3) is 4.57. The Bertz CT molecular complexity index is 974. The molecule has 0 aliphatic carbocycles. The average molecular weight is 483 g/mol. The molecule has 0 atom stereocenters. The summed E-state index contributed by atoms with van der Waals surface area (Å²) in [6.45, 7) is 3.47. The summed E-state index contributed by atoms with van der Waals surface area (Å²) in [5.74, 6) is 0.837. The summed E-state index contributed by atoms with van der Waals surface area (Å²) < 4.78 is 38.5. The highest BCUT2D eigenvalue weighted by molar-refractivity contribution is 9.10. The van der Waals surface area contributed by atoms with Crippen LogP contribution in [0.4, 0.5) is 0 Å². The standard InChI is InChI=1S/C20H23BrN2O5S/c1-3-28-19-17(21)13-15(14-18(19)27-2)20(24)22-9-11-23(12-10-22)29(25,26)16-7-5-4-6-8-16/h4-8,13-14H,3,9-12H2,1-2H3. The van der Waals surface area contributed by atoms with E-state index < -0.39 is 10.0 Å². The Hall–Kier alpha value is -2.10. The van der Waals surface area contributed by atoms with Crippen LogP contribution >= 0.6 is 15.9 Å². The van der Waals surface area contributed by atoms with Crippen LogP contribution in [0.25, 0.3) is 0 Å². The van der Waals surface area contributed by atoms with Crippen LogP contribution in [0.5, 0.6) is 11.5 Å². The molecule has 1 aliphatic rings. The summed E-state index contributed by atoms with van der Waals surface area (Å²) in [5, 5.41) is 0. The molecule has 0 radical (unpaired) electrons. The molecule has 1 fully saturated rings. The van der Waals surface area contributed by atoms with Crippen LogP contribution in [0.15, 0.2) is 51.8 Å². The molecule has 1 amide bonds. The van der Waals surface area contributed by atoms with Crippen LogP contribution in [0.3, 0.4) is 0 Å². The Balaban J connectivity index is 1.73. The zero-order valence-electron chi connectivity index (χ0n) is 16.3. The van der Waals surface area contributed by atoms with Crippen LogP contribution in [0.1, 0.15) is 17.3 Å². The van der Waals surface area contributed by atoms with E-state index in [-0.39, 0.29) is 23.9 Å². The normalized spacial score (nSPS) is 15.2.